The van der Waals surface area contributed by atoms with Crippen molar-refractivity contribution in [3.05, 3.63) is 14.9 Å². The summed E-state index contributed by atoms with van der Waals surface area (Å²) in [5.41, 5.74) is 0. The Labute approximate surface area is 119 Å². The van der Waals surface area contributed by atoms with Crippen LogP contribution in [0.2, 0.25) is 0 Å². The number of hydrogen-bond donors (Lipinski definition) is 0. The SMILES string of the molecule is [CH3-].[CH3-].[Cu+].[Cu+].[Mo+2].[S-][S-].[SH-].[SH-]. The molecule has 0 aromatic carbocycles. The smallest absolute Gasteiger partial charge is 1.00 e. The zero-order valence-electron chi connectivity index (χ0n) is 4.72. The van der Waals surface area contributed by atoms with Crippen molar-refractivity contribution in [1.82, 2.24) is 0 Å². The van der Waals surface area contributed by atoms with E-state index in [0.717, 1.165) is 0 Å². The average Bonchev–Trinajstić information content (AvgIpc) is 1.00. The van der Waals surface area contributed by atoms with Crippen LogP contribution in [0.3, 0.4) is 0 Å². The van der Waals surface area contributed by atoms with Gasteiger partial charge in [-0.15, -0.1) is 0 Å². The summed E-state index contributed by atoms with van der Waals surface area (Å²) in [5.74, 6) is 0. The molecule has 0 atom stereocenters. The normalized spacial score (nSPS) is 0.667. The van der Waals surface area contributed by atoms with Crippen LogP contribution in [-0.4, -0.2) is 0 Å². The minimum Gasteiger partial charge on any atom is -1.00 e. The van der Waals surface area contributed by atoms with Gasteiger partial charge in [0, 0.05) is 0 Å². The summed E-state index contributed by atoms with van der Waals surface area (Å²) < 4.78 is 0. The Bertz CT molecular complexity index is 16.5. The molecule has 7 heteroatoms. The fourth-order valence-corrected chi connectivity index (χ4v) is 0. The van der Waals surface area contributed by atoms with Gasteiger partial charge in [0.25, 0.3) is 0 Å². The van der Waals surface area contributed by atoms with E-state index in [4.69, 9.17) is 0 Å². The molecule has 0 saturated heterocycles. The molecule has 0 rings (SSSR count). The standard InChI is InChI=1S/2CH3.2Cu.Mo.S2.2H2S/c;;;;;1-2;;/h2*1H3;;;;;2*1H2/q2*-1;2*+1;+2;-2;;/p-2. The molecule has 0 aliphatic rings. The third-order valence-electron chi connectivity index (χ3n) is 0. The van der Waals surface area contributed by atoms with Crippen LogP contribution >= 0.6 is 0 Å². The number of thiol groups is 2. The van der Waals surface area contributed by atoms with Crippen LogP contribution in [-0.2, 0) is 106 Å². The molecule has 0 nitrogen and oxygen atoms in total. The van der Waals surface area contributed by atoms with Crippen LogP contribution in [0.25, 0.3) is 0 Å². The molecular formula is C2H8Cu2MoS4-2. The quantitative estimate of drug-likeness (QED) is 0.195. The fourth-order valence-electron chi connectivity index (χ4n) is 0. The Morgan fingerprint density at radius 3 is 0.667 bits per heavy atom. The van der Waals surface area contributed by atoms with E-state index in [-0.39, 0.29) is 97.0 Å². The van der Waals surface area contributed by atoms with E-state index in [9.17, 15) is 0 Å². The van der Waals surface area contributed by atoms with Gasteiger partial charge in [0.05, 0.1) is 0 Å². The van der Waals surface area contributed by atoms with Crippen LogP contribution < -0.4 is 0 Å². The molecule has 0 amide bonds. The monoisotopic (exact) mass is 384 g/mol. The average molecular weight is 383 g/mol. The predicted molar refractivity (Wildman–Crippen MR) is 45.1 cm³/mol. The van der Waals surface area contributed by atoms with Crippen molar-refractivity contribution >= 4 is 50.3 Å². The van der Waals surface area contributed by atoms with E-state index in [0.29, 0.717) is 0 Å². The molecule has 0 aliphatic heterocycles. The summed E-state index contributed by atoms with van der Waals surface area (Å²) in [5, 5.41) is 0. The summed E-state index contributed by atoms with van der Waals surface area (Å²) >= 11 is 7.33. The predicted octanol–water partition coefficient (Wildman–Crippen LogP) is 0.348. The van der Waals surface area contributed by atoms with Gasteiger partial charge in [0.15, 0.2) is 0 Å². The van der Waals surface area contributed by atoms with Crippen molar-refractivity contribution < 1.29 is 55.2 Å². The van der Waals surface area contributed by atoms with Gasteiger partial charge < -0.3 is 65.2 Å². The molecule has 70 valence electrons. The molecule has 0 unspecified atom stereocenters. The molecule has 0 saturated carbocycles. The van der Waals surface area contributed by atoms with Gasteiger partial charge in [-0.2, -0.15) is 0 Å². The first kappa shape index (κ1) is 88.1. The van der Waals surface area contributed by atoms with Crippen molar-refractivity contribution in [3.8, 4) is 0 Å². The maximum Gasteiger partial charge on any atom is 2.00 e. The largest absolute Gasteiger partial charge is 2.00 e. The topological polar surface area (TPSA) is 0 Å². The molecular weight excluding hydrogens is 375 g/mol. The van der Waals surface area contributed by atoms with Crippen LogP contribution in [0.15, 0.2) is 0 Å². The van der Waals surface area contributed by atoms with Gasteiger partial charge in [-0.3, -0.25) is 0 Å². The van der Waals surface area contributed by atoms with E-state index >= 15 is 0 Å². The van der Waals surface area contributed by atoms with E-state index in [1.165, 1.54) is 0 Å². The Hall–Kier alpha value is 3.13. The summed E-state index contributed by atoms with van der Waals surface area (Å²) in [4.78, 5) is 0. The maximum absolute atomic E-state index is 3.67. The van der Waals surface area contributed by atoms with Crippen LogP contribution in [0.5, 0.6) is 0 Å². The van der Waals surface area contributed by atoms with E-state index < -0.39 is 0 Å². The van der Waals surface area contributed by atoms with Gasteiger partial charge in [0.1, 0.15) is 0 Å². The van der Waals surface area contributed by atoms with Crippen molar-refractivity contribution in [1.29, 1.82) is 0 Å². The fraction of sp³-hybridized carbons (Fsp3) is 0. The van der Waals surface area contributed by atoms with Gasteiger partial charge in [0.2, 0.25) is 0 Å². The van der Waals surface area contributed by atoms with Crippen molar-refractivity contribution in [2.24, 2.45) is 0 Å². The summed E-state index contributed by atoms with van der Waals surface area (Å²) in [6.07, 6.45) is 0. The zero-order valence-corrected chi connectivity index (χ0v) is 12.0. The van der Waals surface area contributed by atoms with Crippen molar-refractivity contribution in [2.75, 3.05) is 0 Å². The van der Waals surface area contributed by atoms with Gasteiger partial charge in [-0.25, -0.2) is 0 Å². The Kier molecular flexibility index (Phi) is 1140. The molecule has 0 aliphatic carbocycles. The first-order chi connectivity index (χ1) is 1.00. The van der Waals surface area contributed by atoms with Crippen LogP contribution in [0, 0.1) is 14.9 Å². The van der Waals surface area contributed by atoms with E-state index in [1.807, 2.05) is 0 Å². The molecule has 0 spiro atoms. The molecule has 0 heterocycles. The summed E-state index contributed by atoms with van der Waals surface area (Å²) in [6, 6.07) is 0. The van der Waals surface area contributed by atoms with Crippen molar-refractivity contribution in [3.63, 3.8) is 0 Å². The third-order valence-corrected chi connectivity index (χ3v) is 0. The van der Waals surface area contributed by atoms with Gasteiger partial charge >= 0.3 is 55.2 Å². The molecule has 9 heavy (non-hydrogen) atoms. The van der Waals surface area contributed by atoms with Crippen LogP contribution in [0.1, 0.15) is 0 Å². The van der Waals surface area contributed by atoms with E-state index in [2.05, 4.69) is 23.3 Å². The molecule has 0 aromatic rings. The first-order valence-electron chi connectivity index (χ1n) is 0.167. The second-order valence-corrected chi connectivity index (χ2v) is 0. The maximum atomic E-state index is 3.67. The molecule has 0 bridgehead atoms. The number of rotatable bonds is 0. The first-order valence-corrected chi connectivity index (χ1v) is 1.50. The Morgan fingerprint density at radius 1 is 0.667 bits per heavy atom. The van der Waals surface area contributed by atoms with E-state index in [1.54, 1.807) is 0 Å². The molecule has 0 radical (unpaired) electrons. The summed E-state index contributed by atoms with van der Waals surface area (Å²) in [7, 11) is 0. The molecule has 0 fully saturated rings. The van der Waals surface area contributed by atoms with Gasteiger partial charge in [-0.05, 0) is 0 Å². The van der Waals surface area contributed by atoms with Gasteiger partial charge in [-0.1, -0.05) is 0 Å². The third kappa shape index (κ3) is 94.8. The second-order valence-electron chi connectivity index (χ2n) is 0. The summed E-state index contributed by atoms with van der Waals surface area (Å²) in [6.45, 7) is 0. The molecule has 0 N–H and O–H groups in total. The Morgan fingerprint density at radius 2 is 0.667 bits per heavy atom. The Balaban J connectivity index is -0.000000000238. The number of hydrogen-bond acceptors (Lipinski definition) is 4. The second kappa shape index (κ2) is 117. The van der Waals surface area contributed by atoms with Crippen LogP contribution in [0.4, 0.5) is 0 Å². The minimum absolute atomic E-state index is 0. The minimum atomic E-state index is 0. The van der Waals surface area contributed by atoms with Crippen molar-refractivity contribution in [2.45, 2.75) is 0 Å². The molecule has 0 aromatic heterocycles. The zero-order chi connectivity index (χ0) is 2.00.